The van der Waals surface area contributed by atoms with Crippen molar-refractivity contribution < 1.29 is 14.3 Å². The maximum absolute atomic E-state index is 12.8. The second kappa shape index (κ2) is 6.03. The molecular formula is C17H18N2O3S. The minimum atomic E-state index is -0.457. The summed E-state index contributed by atoms with van der Waals surface area (Å²) in [7, 11) is 0. The monoisotopic (exact) mass is 330 g/mol. The van der Waals surface area contributed by atoms with Crippen LogP contribution in [0.15, 0.2) is 35.8 Å². The molecule has 2 aromatic rings. The van der Waals surface area contributed by atoms with Gasteiger partial charge in [0.2, 0.25) is 0 Å². The lowest BCUT2D eigenvalue weighted by molar-refractivity contribution is -0.181. The Balaban J connectivity index is 1.51. The minimum Gasteiger partial charge on any atom is -0.347 e. The summed E-state index contributed by atoms with van der Waals surface area (Å²) in [5.41, 5.74) is 3.32. The van der Waals surface area contributed by atoms with Gasteiger partial charge < -0.3 is 14.4 Å². The van der Waals surface area contributed by atoms with Gasteiger partial charge in [-0.1, -0.05) is 30.3 Å². The molecule has 2 saturated heterocycles. The topological polar surface area (TPSA) is 51.7 Å². The fourth-order valence-electron chi connectivity index (χ4n) is 3.18. The van der Waals surface area contributed by atoms with Crippen molar-refractivity contribution in [2.24, 2.45) is 0 Å². The molecule has 1 aromatic carbocycles. The summed E-state index contributed by atoms with van der Waals surface area (Å²) < 4.78 is 11.4. The Hall–Kier alpha value is -1.76. The van der Waals surface area contributed by atoms with E-state index in [4.69, 9.17) is 9.47 Å². The number of thiazole rings is 1. The number of hydrogen-bond acceptors (Lipinski definition) is 5. The summed E-state index contributed by atoms with van der Waals surface area (Å²) in [6.45, 7) is 2.59. The molecule has 2 aliphatic rings. The standard InChI is InChI=1S/C17H18N2O3S/c20-16(19-8-6-17(7-9-19)21-10-11-22-17)14-15(23-12-18-14)13-4-2-1-3-5-13/h1-5,12H,6-11H2. The van der Waals surface area contributed by atoms with Gasteiger partial charge in [-0.15, -0.1) is 11.3 Å². The molecule has 0 atom stereocenters. The Kier molecular flexibility index (Phi) is 3.88. The Labute approximate surface area is 138 Å². The first-order valence-corrected chi connectivity index (χ1v) is 8.71. The lowest BCUT2D eigenvalue weighted by atomic mass is 10.0. The van der Waals surface area contributed by atoms with Gasteiger partial charge >= 0.3 is 0 Å². The molecule has 0 N–H and O–H groups in total. The van der Waals surface area contributed by atoms with Crippen LogP contribution in [-0.2, 0) is 9.47 Å². The molecule has 0 unspecified atom stereocenters. The van der Waals surface area contributed by atoms with Gasteiger partial charge in [-0.05, 0) is 5.56 Å². The Morgan fingerprint density at radius 3 is 2.52 bits per heavy atom. The molecule has 4 rings (SSSR count). The third-order valence-electron chi connectivity index (χ3n) is 4.43. The molecule has 2 fully saturated rings. The molecule has 0 saturated carbocycles. The van der Waals surface area contributed by atoms with Crippen molar-refractivity contribution in [3.8, 4) is 10.4 Å². The Morgan fingerprint density at radius 2 is 1.83 bits per heavy atom. The van der Waals surface area contributed by atoms with Crippen LogP contribution in [0.3, 0.4) is 0 Å². The van der Waals surface area contributed by atoms with Crippen LogP contribution in [0.2, 0.25) is 0 Å². The highest BCUT2D eigenvalue weighted by molar-refractivity contribution is 7.13. The smallest absolute Gasteiger partial charge is 0.273 e. The minimum absolute atomic E-state index is 0.00190. The summed E-state index contributed by atoms with van der Waals surface area (Å²) in [4.78, 5) is 20.0. The third kappa shape index (κ3) is 2.78. The van der Waals surface area contributed by atoms with E-state index in [1.54, 1.807) is 5.51 Å². The van der Waals surface area contributed by atoms with Gasteiger partial charge in [0.05, 0.1) is 23.6 Å². The van der Waals surface area contributed by atoms with Crippen molar-refractivity contribution in [3.05, 3.63) is 41.5 Å². The first kappa shape index (κ1) is 14.8. The van der Waals surface area contributed by atoms with Crippen molar-refractivity contribution in [1.82, 2.24) is 9.88 Å². The summed E-state index contributed by atoms with van der Waals surface area (Å²) in [5, 5.41) is 0. The normalized spacial score (nSPS) is 20.1. The van der Waals surface area contributed by atoms with Gasteiger partial charge in [-0.3, -0.25) is 4.79 Å². The number of aromatic nitrogens is 1. The molecule has 1 spiro atoms. The number of hydrogen-bond donors (Lipinski definition) is 0. The second-order valence-electron chi connectivity index (χ2n) is 5.80. The summed E-state index contributed by atoms with van der Waals surface area (Å²) >= 11 is 1.51. The summed E-state index contributed by atoms with van der Waals surface area (Å²) in [6.07, 6.45) is 1.45. The van der Waals surface area contributed by atoms with Crippen LogP contribution >= 0.6 is 11.3 Å². The third-order valence-corrected chi connectivity index (χ3v) is 5.31. The summed E-state index contributed by atoms with van der Waals surface area (Å²) in [6, 6.07) is 9.94. The number of carbonyl (C=O) groups excluding carboxylic acids is 1. The molecule has 0 radical (unpaired) electrons. The Bertz CT molecular complexity index is 685. The highest BCUT2D eigenvalue weighted by Gasteiger charge is 2.41. The lowest BCUT2D eigenvalue weighted by Crippen LogP contribution is -2.47. The van der Waals surface area contributed by atoms with Gasteiger partial charge in [0.25, 0.3) is 5.91 Å². The molecule has 3 heterocycles. The highest BCUT2D eigenvalue weighted by atomic mass is 32.1. The maximum atomic E-state index is 12.8. The summed E-state index contributed by atoms with van der Waals surface area (Å²) in [5.74, 6) is -0.459. The van der Waals surface area contributed by atoms with Crippen LogP contribution in [0.25, 0.3) is 10.4 Å². The van der Waals surface area contributed by atoms with Crippen LogP contribution in [-0.4, -0.2) is 47.9 Å². The molecule has 0 bridgehead atoms. The van der Waals surface area contributed by atoms with Gasteiger partial charge in [0.1, 0.15) is 5.69 Å². The fraction of sp³-hybridized carbons (Fsp3) is 0.412. The predicted molar refractivity (Wildman–Crippen MR) is 87.3 cm³/mol. The van der Waals surface area contributed by atoms with Gasteiger partial charge in [0, 0.05) is 25.9 Å². The van der Waals surface area contributed by atoms with Crippen LogP contribution in [0, 0.1) is 0 Å². The SMILES string of the molecule is O=C(c1ncsc1-c1ccccc1)N1CCC2(CC1)OCCO2. The average Bonchev–Trinajstić information content (AvgIpc) is 3.26. The van der Waals surface area contributed by atoms with Crippen molar-refractivity contribution in [3.63, 3.8) is 0 Å². The van der Waals surface area contributed by atoms with Crippen LogP contribution in [0.4, 0.5) is 0 Å². The van der Waals surface area contributed by atoms with E-state index < -0.39 is 5.79 Å². The van der Waals surface area contributed by atoms with Gasteiger partial charge in [0.15, 0.2) is 5.79 Å². The molecule has 120 valence electrons. The molecule has 6 heteroatoms. The molecule has 1 amide bonds. The van der Waals surface area contributed by atoms with Gasteiger partial charge in [-0.25, -0.2) is 4.98 Å². The molecule has 23 heavy (non-hydrogen) atoms. The fourth-order valence-corrected chi connectivity index (χ4v) is 3.97. The van der Waals surface area contributed by atoms with E-state index >= 15 is 0 Å². The van der Waals surface area contributed by atoms with Crippen LogP contribution in [0.1, 0.15) is 23.3 Å². The number of benzene rings is 1. The molecule has 5 nitrogen and oxygen atoms in total. The van der Waals surface area contributed by atoms with E-state index in [1.165, 1.54) is 11.3 Å². The zero-order valence-electron chi connectivity index (χ0n) is 12.7. The first-order chi connectivity index (χ1) is 11.3. The van der Waals surface area contributed by atoms with E-state index in [-0.39, 0.29) is 5.91 Å². The van der Waals surface area contributed by atoms with E-state index in [0.29, 0.717) is 32.0 Å². The number of carbonyl (C=O) groups is 1. The second-order valence-corrected chi connectivity index (χ2v) is 6.65. The molecule has 2 aliphatic heterocycles. The number of nitrogens with zero attached hydrogens (tertiary/aromatic N) is 2. The van der Waals surface area contributed by atoms with Crippen LogP contribution < -0.4 is 0 Å². The maximum Gasteiger partial charge on any atom is 0.273 e. The number of amides is 1. The van der Waals surface area contributed by atoms with Crippen LogP contribution in [0.5, 0.6) is 0 Å². The number of likely N-dealkylation sites (tertiary alicyclic amines) is 1. The molecule has 1 aromatic heterocycles. The lowest BCUT2D eigenvalue weighted by Gasteiger charge is -2.37. The van der Waals surface area contributed by atoms with E-state index in [1.807, 2.05) is 35.2 Å². The van der Waals surface area contributed by atoms with E-state index in [9.17, 15) is 4.79 Å². The number of ether oxygens (including phenoxy) is 2. The van der Waals surface area contributed by atoms with Crippen molar-refractivity contribution in [1.29, 1.82) is 0 Å². The van der Waals surface area contributed by atoms with Gasteiger partial charge in [-0.2, -0.15) is 0 Å². The quantitative estimate of drug-likeness (QED) is 0.850. The number of rotatable bonds is 2. The van der Waals surface area contributed by atoms with Crippen molar-refractivity contribution in [2.75, 3.05) is 26.3 Å². The van der Waals surface area contributed by atoms with Crippen molar-refractivity contribution in [2.45, 2.75) is 18.6 Å². The largest absolute Gasteiger partial charge is 0.347 e. The zero-order chi connectivity index (χ0) is 15.7. The predicted octanol–water partition coefficient (Wildman–Crippen LogP) is 2.79. The zero-order valence-corrected chi connectivity index (χ0v) is 13.6. The molecular weight excluding hydrogens is 312 g/mol. The average molecular weight is 330 g/mol. The molecule has 0 aliphatic carbocycles. The highest BCUT2D eigenvalue weighted by Crippen LogP contribution is 2.33. The van der Waals surface area contributed by atoms with Crippen molar-refractivity contribution >= 4 is 17.2 Å². The first-order valence-electron chi connectivity index (χ1n) is 7.84. The van der Waals surface area contributed by atoms with E-state index in [2.05, 4.69) is 4.98 Å². The number of piperidine rings is 1. The van der Waals surface area contributed by atoms with E-state index in [0.717, 1.165) is 23.3 Å². The Morgan fingerprint density at radius 1 is 1.13 bits per heavy atom.